The molecule has 1 aliphatic rings. The van der Waals surface area contributed by atoms with E-state index in [0.717, 1.165) is 0 Å². The van der Waals surface area contributed by atoms with Gasteiger partial charge in [0.1, 0.15) is 18.1 Å². The quantitative estimate of drug-likeness (QED) is 0.699. The highest BCUT2D eigenvalue weighted by molar-refractivity contribution is 5.90. The lowest BCUT2D eigenvalue weighted by Gasteiger charge is -2.30. The number of carbonyl (C=O) groups is 1. The van der Waals surface area contributed by atoms with E-state index in [9.17, 15) is 10.1 Å². The molecule has 0 radical (unpaired) electrons. The molecule has 0 spiro atoms. The van der Waals surface area contributed by atoms with E-state index < -0.39 is 5.82 Å². The number of rotatable bonds is 2. The molecule has 6 nitrogen and oxygen atoms in total. The third-order valence-electron chi connectivity index (χ3n) is 4.92. The maximum absolute atomic E-state index is 15.3. The Balaban J connectivity index is 1.90. The van der Waals surface area contributed by atoms with Gasteiger partial charge in [-0.25, -0.2) is 4.39 Å². The number of likely N-dealkylation sites (N-methyl/N-ethyl adjacent to an activating group) is 1. The summed E-state index contributed by atoms with van der Waals surface area (Å²) in [5.74, 6) is -0.613. The molecule has 3 aromatic rings. The van der Waals surface area contributed by atoms with E-state index in [2.05, 4.69) is 11.1 Å². The highest BCUT2D eigenvalue weighted by atomic mass is 19.1. The summed E-state index contributed by atoms with van der Waals surface area (Å²) in [6, 6.07) is 11.3. The number of hydrogen-bond acceptors (Lipinski definition) is 5. The molecular formula is C20H17FN4O2. The Hall–Kier alpha value is -3.40. The molecule has 2 heterocycles. The third kappa shape index (κ3) is 2.70. The molecule has 4 rings (SSSR count). The van der Waals surface area contributed by atoms with Gasteiger partial charge in [0.05, 0.1) is 5.56 Å². The fourth-order valence-electron chi connectivity index (χ4n) is 3.35. The molecule has 0 N–H and O–H groups in total. The number of nitriles is 1. The van der Waals surface area contributed by atoms with E-state index >= 15 is 4.39 Å². The number of anilines is 1. The molecule has 136 valence electrons. The predicted octanol–water partition coefficient (Wildman–Crippen LogP) is 3.09. The number of benzene rings is 2. The number of oxazole rings is 1. The number of nitrogens with zero attached hydrogens (tertiary/aromatic N) is 4. The van der Waals surface area contributed by atoms with Gasteiger partial charge in [0.15, 0.2) is 11.4 Å². The summed E-state index contributed by atoms with van der Waals surface area (Å²) in [7, 11) is 1.73. The average Bonchev–Trinajstić information content (AvgIpc) is 3.11. The number of piperazine rings is 1. The largest absolute Gasteiger partial charge is 0.420 e. The predicted molar refractivity (Wildman–Crippen MR) is 98.7 cm³/mol. The standard InChI is InChI=1S/C20H17FN4O2/c1-12-14(10-22)18-19(17(21)16(12)13-6-4-3-5-7-13)27-20(23-18)25-9-8-24(2)15(26)11-25/h3-7H,8-9,11H2,1-2H3. The number of halogens is 1. The minimum absolute atomic E-state index is 0.0580. The van der Waals surface area contributed by atoms with Crippen LogP contribution in [0, 0.1) is 24.1 Å². The smallest absolute Gasteiger partial charge is 0.299 e. The fourth-order valence-corrected chi connectivity index (χ4v) is 3.35. The summed E-state index contributed by atoms with van der Waals surface area (Å²) in [5.41, 5.74) is 1.92. The maximum Gasteiger partial charge on any atom is 0.299 e. The first-order valence-electron chi connectivity index (χ1n) is 8.58. The molecule has 0 bridgehead atoms. The third-order valence-corrected chi connectivity index (χ3v) is 4.92. The van der Waals surface area contributed by atoms with Gasteiger partial charge in [0.2, 0.25) is 5.91 Å². The van der Waals surface area contributed by atoms with Gasteiger partial charge in [-0.05, 0) is 18.1 Å². The second-order valence-electron chi connectivity index (χ2n) is 6.58. The molecule has 1 aliphatic heterocycles. The van der Waals surface area contributed by atoms with Gasteiger partial charge < -0.3 is 14.2 Å². The fraction of sp³-hybridized carbons (Fsp3) is 0.250. The first-order chi connectivity index (χ1) is 13.0. The van der Waals surface area contributed by atoms with Crippen LogP contribution in [0.2, 0.25) is 0 Å². The van der Waals surface area contributed by atoms with Crippen LogP contribution in [0.5, 0.6) is 0 Å². The lowest BCUT2D eigenvalue weighted by atomic mass is 9.95. The number of carbonyl (C=O) groups excluding carboxylic acids is 1. The van der Waals surface area contributed by atoms with Crippen molar-refractivity contribution in [3.8, 4) is 17.2 Å². The molecule has 7 heteroatoms. The van der Waals surface area contributed by atoms with E-state index in [0.29, 0.717) is 29.8 Å². The molecule has 0 unspecified atom stereocenters. The first-order valence-corrected chi connectivity index (χ1v) is 8.58. The van der Waals surface area contributed by atoms with Gasteiger partial charge in [-0.1, -0.05) is 30.3 Å². The zero-order valence-electron chi connectivity index (χ0n) is 15.0. The number of fused-ring (bicyclic) bond motifs is 1. The monoisotopic (exact) mass is 364 g/mol. The molecular weight excluding hydrogens is 347 g/mol. The summed E-state index contributed by atoms with van der Waals surface area (Å²) >= 11 is 0. The molecule has 0 atom stereocenters. The minimum atomic E-state index is -0.549. The molecule has 27 heavy (non-hydrogen) atoms. The van der Waals surface area contributed by atoms with Crippen LogP contribution in [0.15, 0.2) is 34.7 Å². The lowest BCUT2D eigenvalue weighted by molar-refractivity contribution is -0.129. The summed E-state index contributed by atoms with van der Waals surface area (Å²) < 4.78 is 21.0. The van der Waals surface area contributed by atoms with Crippen molar-refractivity contribution in [2.75, 3.05) is 31.6 Å². The number of hydrogen-bond donors (Lipinski definition) is 0. The van der Waals surface area contributed by atoms with Gasteiger partial charge >= 0.3 is 0 Å². The summed E-state index contributed by atoms with van der Waals surface area (Å²) in [4.78, 5) is 19.6. The van der Waals surface area contributed by atoms with Gasteiger partial charge in [0.25, 0.3) is 6.01 Å². The molecule has 1 saturated heterocycles. The number of aromatic nitrogens is 1. The Morgan fingerprint density at radius 1 is 1.26 bits per heavy atom. The molecule has 2 aromatic carbocycles. The van der Waals surface area contributed by atoms with Crippen molar-refractivity contribution < 1.29 is 13.6 Å². The topological polar surface area (TPSA) is 73.4 Å². The van der Waals surface area contributed by atoms with Crippen LogP contribution in [0.4, 0.5) is 10.4 Å². The van der Waals surface area contributed by atoms with E-state index in [-0.39, 0.29) is 35.1 Å². The van der Waals surface area contributed by atoms with Crippen molar-refractivity contribution in [3.63, 3.8) is 0 Å². The summed E-state index contributed by atoms with van der Waals surface area (Å²) in [6.07, 6.45) is 0. The van der Waals surface area contributed by atoms with Crippen molar-refractivity contribution in [2.24, 2.45) is 0 Å². The van der Waals surface area contributed by atoms with Crippen molar-refractivity contribution in [1.29, 1.82) is 5.26 Å². The van der Waals surface area contributed by atoms with Crippen LogP contribution >= 0.6 is 0 Å². The Morgan fingerprint density at radius 2 is 2.00 bits per heavy atom. The minimum Gasteiger partial charge on any atom is -0.420 e. The van der Waals surface area contributed by atoms with Crippen molar-refractivity contribution in [1.82, 2.24) is 9.88 Å². The Morgan fingerprint density at radius 3 is 2.67 bits per heavy atom. The van der Waals surface area contributed by atoms with Crippen LogP contribution in [0.25, 0.3) is 22.2 Å². The van der Waals surface area contributed by atoms with Crippen LogP contribution in [0.1, 0.15) is 11.1 Å². The Kier molecular flexibility index (Phi) is 4.04. The highest BCUT2D eigenvalue weighted by Crippen LogP contribution is 2.37. The Labute approximate surface area is 155 Å². The van der Waals surface area contributed by atoms with Crippen molar-refractivity contribution >= 4 is 23.0 Å². The van der Waals surface area contributed by atoms with E-state index in [1.165, 1.54) is 0 Å². The molecule has 0 saturated carbocycles. The van der Waals surface area contributed by atoms with E-state index in [1.807, 2.05) is 18.2 Å². The molecule has 1 fully saturated rings. The van der Waals surface area contributed by atoms with Gasteiger partial charge in [-0.3, -0.25) is 4.79 Å². The highest BCUT2D eigenvalue weighted by Gasteiger charge is 2.28. The van der Waals surface area contributed by atoms with Crippen LogP contribution in [-0.4, -0.2) is 42.5 Å². The second-order valence-corrected chi connectivity index (χ2v) is 6.58. The van der Waals surface area contributed by atoms with E-state index in [4.69, 9.17) is 4.42 Å². The van der Waals surface area contributed by atoms with E-state index in [1.54, 1.807) is 35.9 Å². The summed E-state index contributed by atoms with van der Waals surface area (Å²) in [5, 5.41) is 9.65. The lowest BCUT2D eigenvalue weighted by Crippen LogP contribution is -2.48. The maximum atomic E-state index is 15.3. The molecule has 1 aromatic heterocycles. The van der Waals surface area contributed by atoms with Gasteiger partial charge in [0, 0.05) is 25.7 Å². The SMILES string of the molecule is Cc1c(-c2ccccc2)c(F)c2oc(N3CCN(C)C(=O)C3)nc2c1C#N. The Bertz CT molecular complexity index is 1090. The second kappa shape index (κ2) is 6.40. The van der Waals surface area contributed by atoms with Crippen LogP contribution in [0.3, 0.4) is 0 Å². The summed E-state index contributed by atoms with van der Waals surface area (Å²) in [6.45, 7) is 2.87. The normalized spacial score (nSPS) is 14.7. The van der Waals surface area contributed by atoms with Gasteiger partial charge in [-0.15, -0.1) is 0 Å². The first kappa shape index (κ1) is 17.0. The zero-order valence-corrected chi connectivity index (χ0v) is 15.0. The van der Waals surface area contributed by atoms with Crippen molar-refractivity contribution in [2.45, 2.75) is 6.92 Å². The number of amides is 1. The van der Waals surface area contributed by atoms with Gasteiger partial charge in [-0.2, -0.15) is 10.2 Å². The zero-order chi connectivity index (χ0) is 19.1. The van der Waals surface area contributed by atoms with Crippen LogP contribution < -0.4 is 4.90 Å². The van der Waals surface area contributed by atoms with Crippen molar-refractivity contribution in [3.05, 3.63) is 47.3 Å². The molecule has 0 aliphatic carbocycles. The average molecular weight is 364 g/mol. The van der Waals surface area contributed by atoms with Crippen LogP contribution in [-0.2, 0) is 4.79 Å². The molecule has 1 amide bonds.